The van der Waals surface area contributed by atoms with Crippen molar-refractivity contribution in [1.82, 2.24) is 5.32 Å². The minimum Gasteiger partial charge on any atom is -0.310 e. The van der Waals surface area contributed by atoms with E-state index in [2.05, 4.69) is 75.5 Å². The van der Waals surface area contributed by atoms with E-state index >= 15 is 0 Å². The highest BCUT2D eigenvalue weighted by Crippen LogP contribution is 2.25. The fraction of sp³-hybridized carbons (Fsp3) is 0.400. The van der Waals surface area contributed by atoms with Gasteiger partial charge < -0.3 is 5.32 Å². The molecule has 1 heteroatoms. The summed E-state index contributed by atoms with van der Waals surface area (Å²) in [7, 11) is 0. The van der Waals surface area contributed by atoms with Gasteiger partial charge in [0.1, 0.15) is 0 Å². The molecule has 21 heavy (non-hydrogen) atoms. The molecule has 1 atom stereocenters. The van der Waals surface area contributed by atoms with Crippen LogP contribution >= 0.6 is 0 Å². The SMILES string of the molecule is CCCNC(Cc1c(C)cccc1C)c1ccccc1C. The fourth-order valence-electron chi connectivity index (χ4n) is 2.96. The molecule has 0 bridgehead atoms. The van der Waals surface area contributed by atoms with Crippen LogP contribution in [0.2, 0.25) is 0 Å². The first kappa shape index (κ1) is 15.8. The van der Waals surface area contributed by atoms with E-state index in [0.717, 1.165) is 19.4 Å². The maximum absolute atomic E-state index is 3.73. The maximum Gasteiger partial charge on any atom is 0.0363 e. The minimum absolute atomic E-state index is 0.394. The first-order chi connectivity index (χ1) is 10.1. The minimum atomic E-state index is 0.394. The Bertz CT molecular complexity index is 566. The van der Waals surface area contributed by atoms with Crippen molar-refractivity contribution >= 4 is 0 Å². The molecule has 0 aromatic heterocycles. The molecule has 0 radical (unpaired) electrons. The second-order valence-electron chi connectivity index (χ2n) is 5.94. The van der Waals surface area contributed by atoms with Crippen LogP contribution in [0.5, 0.6) is 0 Å². The average Bonchev–Trinajstić information content (AvgIpc) is 2.47. The third-order valence-electron chi connectivity index (χ3n) is 4.26. The lowest BCUT2D eigenvalue weighted by molar-refractivity contribution is 0.525. The van der Waals surface area contributed by atoms with Gasteiger partial charge in [-0.05, 0) is 68.0 Å². The van der Waals surface area contributed by atoms with Crippen molar-refractivity contribution in [3.05, 3.63) is 70.3 Å². The van der Waals surface area contributed by atoms with Crippen LogP contribution in [0.15, 0.2) is 42.5 Å². The molecule has 1 nitrogen and oxygen atoms in total. The van der Waals surface area contributed by atoms with E-state index in [1.54, 1.807) is 0 Å². The van der Waals surface area contributed by atoms with E-state index in [4.69, 9.17) is 0 Å². The highest BCUT2D eigenvalue weighted by molar-refractivity contribution is 5.37. The zero-order valence-corrected chi connectivity index (χ0v) is 13.7. The van der Waals surface area contributed by atoms with E-state index in [-0.39, 0.29) is 0 Å². The summed E-state index contributed by atoms with van der Waals surface area (Å²) < 4.78 is 0. The van der Waals surface area contributed by atoms with Gasteiger partial charge in [0.15, 0.2) is 0 Å². The quantitative estimate of drug-likeness (QED) is 0.794. The summed E-state index contributed by atoms with van der Waals surface area (Å²) in [6.07, 6.45) is 2.22. The van der Waals surface area contributed by atoms with Crippen LogP contribution in [-0.4, -0.2) is 6.54 Å². The van der Waals surface area contributed by atoms with Gasteiger partial charge in [0.25, 0.3) is 0 Å². The van der Waals surface area contributed by atoms with Gasteiger partial charge in [-0.2, -0.15) is 0 Å². The van der Waals surface area contributed by atoms with Gasteiger partial charge in [0, 0.05) is 6.04 Å². The molecular weight excluding hydrogens is 254 g/mol. The lowest BCUT2D eigenvalue weighted by atomic mass is 9.91. The Labute approximate surface area is 129 Å². The average molecular weight is 281 g/mol. The van der Waals surface area contributed by atoms with Crippen LogP contribution in [0, 0.1) is 20.8 Å². The zero-order valence-electron chi connectivity index (χ0n) is 13.7. The standard InChI is InChI=1S/C20H27N/c1-5-13-21-20(18-12-7-6-9-15(18)2)14-19-16(3)10-8-11-17(19)4/h6-12,20-21H,5,13-14H2,1-4H3. The molecule has 0 aliphatic carbocycles. The van der Waals surface area contributed by atoms with Crippen LogP contribution in [0.3, 0.4) is 0 Å². The van der Waals surface area contributed by atoms with E-state index in [0.29, 0.717) is 6.04 Å². The Kier molecular flexibility index (Phi) is 5.58. The Morgan fingerprint density at radius 2 is 1.48 bits per heavy atom. The third kappa shape index (κ3) is 3.95. The predicted molar refractivity (Wildman–Crippen MR) is 91.8 cm³/mol. The second kappa shape index (κ2) is 7.42. The van der Waals surface area contributed by atoms with Crippen molar-refractivity contribution < 1.29 is 0 Å². The van der Waals surface area contributed by atoms with Crippen LogP contribution in [0.25, 0.3) is 0 Å². The number of rotatable bonds is 6. The summed E-state index contributed by atoms with van der Waals surface area (Å²) in [6, 6.07) is 15.7. The molecule has 0 heterocycles. The largest absolute Gasteiger partial charge is 0.310 e. The van der Waals surface area contributed by atoms with Crippen LogP contribution in [0.1, 0.15) is 47.2 Å². The van der Waals surface area contributed by atoms with Gasteiger partial charge in [-0.3, -0.25) is 0 Å². The van der Waals surface area contributed by atoms with Gasteiger partial charge in [-0.15, -0.1) is 0 Å². The lowest BCUT2D eigenvalue weighted by Crippen LogP contribution is -2.25. The molecule has 2 aromatic carbocycles. The van der Waals surface area contributed by atoms with E-state index < -0.39 is 0 Å². The van der Waals surface area contributed by atoms with Crippen molar-refractivity contribution in [2.45, 2.75) is 46.6 Å². The highest BCUT2D eigenvalue weighted by Gasteiger charge is 2.15. The molecule has 2 rings (SSSR count). The first-order valence-corrected chi connectivity index (χ1v) is 7.97. The molecule has 0 aliphatic rings. The molecule has 0 saturated heterocycles. The van der Waals surface area contributed by atoms with Gasteiger partial charge in [-0.1, -0.05) is 49.4 Å². The van der Waals surface area contributed by atoms with Crippen molar-refractivity contribution in [3.8, 4) is 0 Å². The molecular formula is C20H27N. The molecule has 0 aliphatic heterocycles. The van der Waals surface area contributed by atoms with Gasteiger partial charge in [-0.25, -0.2) is 0 Å². The normalized spacial score (nSPS) is 12.4. The topological polar surface area (TPSA) is 12.0 Å². The zero-order chi connectivity index (χ0) is 15.2. The van der Waals surface area contributed by atoms with Crippen molar-refractivity contribution in [2.24, 2.45) is 0 Å². The molecule has 0 saturated carbocycles. The Morgan fingerprint density at radius 3 is 2.10 bits per heavy atom. The maximum atomic E-state index is 3.73. The molecule has 0 amide bonds. The van der Waals surface area contributed by atoms with Gasteiger partial charge in [0.05, 0.1) is 0 Å². The van der Waals surface area contributed by atoms with Gasteiger partial charge in [0.2, 0.25) is 0 Å². The third-order valence-corrected chi connectivity index (χ3v) is 4.26. The van der Waals surface area contributed by atoms with Crippen molar-refractivity contribution in [2.75, 3.05) is 6.54 Å². The monoisotopic (exact) mass is 281 g/mol. The fourth-order valence-corrected chi connectivity index (χ4v) is 2.96. The van der Waals surface area contributed by atoms with E-state index in [1.165, 1.54) is 27.8 Å². The smallest absolute Gasteiger partial charge is 0.0363 e. The summed E-state index contributed by atoms with van der Waals surface area (Å²) in [5.41, 5.74) is 7.07. The number of benzene rings is 2. The summed E-state index contributed by atoms with van der Waals surface area (Å²) in [4.78, 5) is 0. The molecule has 112 valence electrons. The van der Waals surface area contributed by atoms with Crippen molar-refractivity contribution in [1.29, 1.82) is 0 Å². The highest BCUT2D eigenvalue weighted by atomic mass is 14.9. The van der Waals surface area contributed by atoms with Crippen LogP contribution in [-0.2, 0) is 6.42 Å². The first-order valence-electron chi connectivity index (χ1n) is 7.97. The Morgan fingerprint density at radius 1 is 0.857 bits per heavy atom. The molecule has 2 aromatic rings. The lowest BCUT2D eigenvalue weighted by Gasteiger charge is -2.23. The number of hydrogen-bond donors (Lipinski definition) is 1. The number of nitrogens with one attached hydrogen (secondary N) is 1. The van der Waals surface area contributed by atoms with E-state index in [1.807, 2.05) is 0 Å². The second-order valence-corrected chi connectivity index (χ2v) is 5.94. The Hall–Kier alpha value is -1.60. The van der Waals surface area contributed by atoms with Gasteiger partial charge >= 0.3 is 0 Å². The summed E-state index contributed by atoms with van der Waals surface area (Å²) in [5, 5.41) is 3.73. The molecule has 1 N–H and O–H groups in total. The van der Waals surface area contributed by atoms with E-state index in [9.17, 15) is 0 Å². The predicted octanol–water partition coefficient (Wildman–Crippen LogP) is 4.90. The molecule has 0 fully saturated rings. The summed E-state index contributed by atoms with van der Waals surface area (Å²) in [6.45, 7) is 9.93. The Balaban J connectivity index is 2.31. The summed E-state index contributed by atoms with van der Waals surface area (Å²) in [5.74, 6) is 0. The molecule has 0 spiro atoms. The number of aryl methyl sites for hydroxylation is 3. The summed E-state index contributed by atoms with van der Waals surface area (Å²) >= 11 is 0. The van der Waals surface area contributed by atoms with Crippen LogP contribution in [0.4, 0.5) is 0 Å². The number of hydrogen-bond acceptors (Lipinski definition) is 1. The molecule has 1 unspecified atom stereocenters. The van der Waals surface area contributed by atoms with Crippen molar-refractivity contribution in [3.63, 3.8) is 0 Å². The van der Waals surface area contributed by atoms with Crippen LogP contribution < -0.4 is 5.32 Å².